The second-order valence-corrected chi connectivity index (χ2v) is 6.21. The van der Waals surface area contributed by atoms with Crippen LogP contribution in [0.15, 0.2) is 24.3 Å². The third-order valence-electron chi connectivity index (χ3n) is 4.47. The van der Waals surface area contributed by atoms with E-state index in [9.17, 15) is 9.59 Å². The highest BCUT2D eigenvalue weighted by Crippen LogP contribution is 2.20. The maximum atomic E-state index is 12.8. The van der Waals surface area contributed by atoms with Gasteiger partial charge in [0.05, 0.1) is 24.2 Å². The smallest absolute Gasteiger partial charge is 0.253 e. The van der Waals surface area contributed by atoms with Gasteiger partial charge in [0, 0.05) is 13.6 Å². The summed E-state index contributed by atoms with van der Waals surface area (Å²) in [5.74, 6) is 0.538. The fourth-order valence-corrected chi connectivity index (χ4v) is 3.12. The van der Waals surface area contributed by atoms with Gasteiger partial charge in [0.25, 0.3) is 5.91 Å². The number of nitrogens with zero attached hydrogens (tertiary/aromatic N) is 3. The Hall–Kier alpha value is -2.41. The molecule has 1 aromatic carbocycles. The monoisotopic (exact) mass is 330 g/mol. The third-order valence-corrected chi connectivity index (χ3v) is 4.47. The molecule has 128 valence electrons. The Labute approximate surface area is 140 Å². The van der Waals surface area contributed by atoms with Crippen LogP contribution < -0.4 is 5.32 Å². The van der Waals surface area contributed by atoms with E-state index in [0.29, 0.717) is 13.2 Å². The number of imidazole rings is 1. The number of hydrogen-bond donors (Lipinski definition) is 1. The first-order valence-electron chi connectivity index (χ1n) is 8.00. The molecular weight excluding hydrogens is 308 g/mol. The van der Waals surface area contributed by atoms with Crippen LogP contribution in [0.2, 0.25) is 0 Å². The highest BCUT2D eigenvalue weighted by molar-refractivity contribution is 5.86. The summed E-state index contributed by atoms with van der Waals surface area (Å²) in [5, 5.41) is 2.60. The number of para-hydroxylation sites is 2. The summed E-state index contributed by atoms with van der Waals surface area (Å²) in [5.41, 5.74) is 0.806. The number of amides is 2. The lowest BCUT2D eigenvalue weighted by molar-refractivity contribution is -0.162. The Balaban J connectivity index is 1.79. The van der Waals surface area contributed by atoms with Crippen LogP contribution in [-0.2, 0) is 20.9 Å². The van der Waals surface area contributed by atoms with Gasteiger partial charge < -0.3 is 19.5 Å². The molecule has 7 heteroatoms. The predicted octanol–water partition coefficient (Wildman–Crippen LogP) is 0.708. The largest absolute Gasteiger partial charge is 0.362 e. The van der Waals surface area contributed by atoms with Crippen molar-refractivity contribution in [1.82, 2.24) is 19.8 Å². The average molecular weight is 330 g/mol. The second kappa shape index (κ2) is 6.24. The average Bonchev–Trinajstić information content (AvgIpc) is 2.90. The van der Waals surface area contributed by atoms with Crippen LogP contribution in [-0.4, -0.2) is 58.6 Å². The van der Waals surface area contributed by atoms with Gasteiger partial charge in [0.1, 0.15) is 12.4 Å². The Bertz CT molecular complexity index is 785. The number of likely N-dealkylation sites (N-methyl/N-ethyl adjacent to an activating group) is 1. The first-order valence-corrected chi connectivity index (χ1v) is 8.00. The van der Waals surface area contributed by atoms with E-state index >= 15 is 0 Å². The van der Waals surface area contributed by atoms with Crippen molar-refractivity contribution in [2.75, 3.05) is 26.7 Å². The van der Waals surface area contributed by atoms with Crippen molar-refractivity contribution in [2.45, 2.75) is 26.0 Å². The Morgan fingerprint density at radius 3 is 2.88 bits per heavy atom. The number of fused-ring (bicyclic) bond motifs is 1. The molecule has 0 unspecified atom stereocenters. The predicted molar refractivity (Wildman–Crippen MR) is 89.5 cm³/mol. The molecule has 1 aliphatic heterocycles. The number of hydrogen-bond acceptors (Lipinski definition) is 4. The van der Waals surface area contributed by atoms with Gasteiger partial charge in [-0.3, -0.25) is 9.59 Å². The van der Waals surface area contributed by atoms with Crippen molar-refractivity contribution in [2.24, 2.45) is 0 Å². The molecule has 2 heterocycles. The third kappa shape index (κ3) is 2.87. The zero-order valence-electron chi connectivity index (χ0n) is 14.2. The summed E-state index contributed by atoms with van der Waals surface area (Å²) in [6.07, 6.45) is 0. The Kier molecular flexibility index (Phi) is 4.28. The van der Waals surface area contributed by atoms with E-state index in [1.54, 1.807) is 18.9 Å². The van der Waals surface area contributed by atoms with E-state index in [4.69, 9.17) is 4.74 Å². The Morgan fingerprint density at radius 1 is 1.38 bits per heavy atom. The molecular formula is C17H22N4O3. The molecule has 2 aromatic rings. The summed E-state index contributed by atoms with van der Waals surface area (Å²) >= 11 is 0. The van der Waals surface area contributed by atoms with Crippen LogP contribution in [0.3, 0.4) is 0 Å². The molecule has 1 fully saturated rings. The molecule has 1 aromatic heterocycles. The standard InChI is InChI=1S/C17H22N4O3/c1-12-19-13-6-4-5-7-14(13)21(12)10-15(22)20-8-9-24-17(2,11-20)16(23)18-3/h4-7H,8-11H2,1-3H3,(H,18,23)/t17-/m1/s1. The van der Waals surface area contributed by atoms with Crippen molar-refractivity contribution in [3.05, 3.63) is 30.1 Å². The number of rotatable bonds is 3. The van der Waals surface area contributed by atoms with Crippen LogP contribution in [0.25, 0.3) is 11.0 Å². The van der Waals surface area contributed by atoms with Gasteiger partial charge in [-0.2, -0.15) is 0 Å². The molecule has 7 nitrogen and oxygen atoms in total. The van der Waals surface area contributed by atoms with Crippen LogP contribution in [0.1, 0.15) is 12.7 Å². The molecule has 0 bridgehead atoms. The number of aryl methyl sites for hydroxylation is 1. The first kappa shape index (κ1) is 16.4. The molecule has 1 saturated heterocycles. The molecule has 0 radical (unpaired) electrons. The normalized spacial score (nSPS) is 21.0. The maximum absolute atomic E-state index is 12.8. The van der Waals surface area contributed by atoms with Crippen molar-refractivity contribution >= 4 is 22.8 Å². The van der Waals surface area contributed by atoms with E-state index in [0.717, 1.165) is 16.9 Å². The van der Waals surface area contributed by atoms with Crippen molar-refractivity contribution in [3.63, 3.8) is 0 Å². The molecule has 0 saturated carbocycles. The first-order chi connectivity index (χ1) is 11.4. The van der Waals surface area contributed by atoms with Gasteiger partial charge in [-0.15, -0.1) is 0 Å². The van der Waals surface area contributed by atoms with Gasteiger partial charge in [-0.05, 0) is 26.0 Å². The molecule has 0 spiro atoms. The van der Waals surface area contributed by atoms with Crippen molar-refractivity contribution < 1.29 is 14.3 Å². The van der Waals surface area contributed by atoms with E-state index in [1.165, 1.54) is 0 Å². The van der Waals surface area contributed by atoms with Crippen LogP contribution in [0.5, 0.6) is 0 Å². The molecule has 0 aliphatic carbocycles. The highest BCUT2D eigenvalue weighted by atomic mass is 16.5. The fourth-order valence-electron chi connectivity index (χ4n) is 3.12. The fraction of sp³-hybridized carbons (Fsp3) is 0.471. The number of benzene rings is 1. The molecule has 24 heavy (non-hydrogen) atoms. The summed E-state index contributed by atoms with van der Waals surface area (Å²) in [6.45, 7) is 4.88. The zero-order valence-corrected chi connectivity index (χ0v) is 14.2. The van der Waals surface area contributed by atoms with Gasteiger partial charge in [0.15, 0.2) is 5.60 Å². The minimum atomic E-state index is -1.01. The molecule has 1 N–H and O–H groups in total. The Morgan fingerprint density at radius 2 is 2.12 bits per heavy atom. The quantitative estimate of drug-likeness (QED) is 0.899. The lowest BCUT2D eigenvalue weighted by Crippen LogP contribution is -2.59. The zero-order chi connectivity index (χ0) is 17.3. The lowest BCUT2D eigenvalue weighted by Gasteiger charge is -2.39. The maximum Gasteiger partial charge on any atom is 0.253 e. The van der Waals surface area contributed by atoms with Gasteiger partial charge in [-0.1, -0.05) is 12.1 Å². The molecule has 2 amide bonds. The molecule has 1 aliphatic rings. The summed E-state index contributed by atoms with van der Waals surface area (Å²) in [7, 11) is 1.57. The number of nitrogens with one attached hydrogen (secondary N) is 1. The summed E-state index contributed by atoms with van der Waals surface area (Å²) < 4.78 is 7.51. The number of aromatic nitrogens is 2. The minimum Gasteiger partial charge on any atom is -0.362 e. The number of carbonyl (C=O) groups excluding carboxylic acids is 2. The second-order valence-electron chi connectivity index (χ2n) is 6.21. The van der Waals surface area contributed by atoms with Crippen molar-refractivity contribution in [1.29, 1.82) is 0 Å². The van der Waals surface area contributed by atoms with Crippen LogP contribution in [0.4, 0.5) is 0 Å². The lowest BCUT2D eigenvalue weighted by atomic mass is 10.0. The summed E-state index contributed by atoms with van der Waals surface area (Å²) in [4.78, 5) is 30.9. The number of ether oxygens (including phenoxy) is 1. The number of carbonyl (C=O) groups is 2. The van der Waals surface area contributed by atoms with E-state index in [-0.39, 0.29) is 24.9 Å². The van der Waals surface area contributed by atoms with Crippen molar-refractivity contribution in [3.8, 4) is 0 Å². The molecule has 3 rings (SSSR count). The SMILES string of the molecule is CNC(=O)[C@@]1(C)CN(C(=O)Cn2c(C)nc3ccccc32)CCO1. The van der Waals surface area contributed by atoms with Crippen LogP contribution >= 0.6 is 0 Å². The van der Waals surface area contributed by atoms with E-state index in [2.05, 4.69) is 10.3 Å². The summed E-state index contributed by atoms with van der Waals surface area (Å²) in [6, 6.07) is 7.75. The van der Waals surface area contributed by atoms with Gasteiger partial charge in [0.2, 0.25) is 5.91 Å². The molecule has 1 atom stereocenters. The topological polar surface area (TPSA) is 76.5 Å². The van der Waals surface area contributed by atoms with E-state index in [1.807, 2.05) is 35.8 Å². The van der Waals surface area contributed by atoms with Gasteiger partial charge in [-0.25, -0.2) is 4.98 Å². The number of morpholine rings is 1. The van der Waals surface area contributed by atoms with Gasteiger partial charge >= 0.3 is 0 Å². The van der Waals surface area contributed by atoms with Crippen LogP contribution in [0, 0.1) is 6.92 Å². The van der Waals surface area contributed by atoms with E-state index < -0.39 is 5.60 Å². The highest BCUT2D eigenvalue weighted by Gasteiger charge is 2.40. The minimum absolute atomic E-state index is 0.0420.